The highest BCUT2D eigenvalue weighted by Gasteiger charge is 2.60. The Bertz CT molecular complexity index is 593. The summed E-state index contributed by atoms with van der Waals surface area (Å²) >= 11 is 0. The van der Waals surface area contributed by atoms with Gasteiger partial charge in [-0.3, -0.25) is 0 Å². The Hall–Kier alpha value is -1.13. The van der Waals surface area contributed by atoms with Gasteiger partial charge >= 0.3 is 0 Å². The lowest BCUT2D eigenvalue weighted by atomic mass is 9.85. The van der Waals surface area contributed by atoms with E-state index in [0.29, 0.717) is 0 Å². The van der Waals surface area contributed by atoms with Gasteiger partial charge in [-0.05, 0) is 22.3 Å². The van der Waals surface area contributed by atoms with Crippen molar-refractivity contribution >= 4 is 15.2 Å². The summed E-state index contributed by atoms with van der Waals surface area (Å²) in [5, 5.41) is 0. The van der Waals surface area contributed by atoms with Crippen molar-refractivity contribution in [3.05, 3.63) is 70.8 Å². The Labute approximate surface area is 123 Å². The van der Waals surface area contributed by atoms with Crippen LogP contribution in [0.15, 0.2) is 48.5 Å². The van der Waals surface area contributed by atoms with E-state index < -0.39 is 15.2 Å². The first kappa shape index (κ1) is 12.6. The molecule has 2 heteroatoms. The summed E-state index contributed by atoms with van der Waals surface area (Å²) in [7, 11) is -2.52. The van der Waals surface area contributed by atoms with Gasteiger partial charge in [-0.1, -0.05) is 74.7 Å². The summed E-state index contributed by atoms with van der Waals surface area (Å²) in [6.07, 6.45) is 0. The SMILES string of the molecule is C[Si]1(C)C2c3ccccc3C(c3ccccc32)[Si]1(C)C. The normalized spacial score (nSPS) is 27.8. The molecule has 0 unspecified atom stereocenters. The maximum absolute atomic E-state index is 2.66. The summed E-state index contributed by atoms with van der Waals surface area (Å²) in [4.78, 5) is 0. The van der Waals surface area contributed by atoms with E-state index in [0.717, 1.165) is 11.1 Å². The van der Waals surface area contributed by atoms with Crippen LogP contribution in [-0.2, 0) is 0 Å². The zero-order chi connectivity index (χ0) is 14.1. The van der Waals surface area contributed by atoms with E-state index in [-0.39, 0.29) is 0 Å². The third kappa shape index (κ3) is 1.27. The highest BCUT2D eigenvalue weighted by Crippen LogP contribution is 2.59. The Morgan fingerprint density at radius 1 is 0.550 bits per heavy atom. The smallest absolute Gasteiger partial charge is 0.0556 e. The van der Waals surface area contributed by atoms with Crippen molar-refractivity contribution in [3.63, 3.8) is 0 Å². The molecule has 0 nitrogen and oxygen atoms in total. The van der Waals surface area contributed by atoms with Crippen LogP contribution in [0.2, 0.25) is 26.2 Å². The predicted molar refractivity (Wildman–Crippen MR) is 91.5 cm³/mol. The third-order valence-electron chi connectivity index (χ3n) is 6.34. The lowest BCUT2D eigenvalue weighted by molar-refractivity contribution is 0.881. The van der Waals surface area contributed by atoms with Gasteiger partial charge in [-0.2, -0.15) is 0 Å². The zero-order valence-electron chi connectivity index (χ0n) is 12.8. The minimum atomic E-state index is -1.26. The Kier molecular flexibility index (Phi) is 2.36. The molecule has 0 radical (unpaired) electrons. The molecule has 2 aliphatic heterocycles. The molecule has 0 atom stereocenters. The molecule has 5 rings (SSSR count). The molecule has 2 aromatic rings. The van der Waals surface area contributed by atoms with Crippen molar-refractivity contribution in [1.82, 2.24) is 0 Å². The van der Waals surface area contributed by atoms with E-state index in [4.69, 9.17) is 0 Å². The molecule has 0 saturated carbocycles. The average molecular weight is 295 g/mol. The van der Waals surface area contributed by atoms with Crippen molar-refractivity contribution < 1.29 is 0 Å². The molecular weight excluding hydrogens is 272 g/mol. The van der Waals surface area contributed by atoms with Crippen molar-refractivity contribution in [1.29, 1.82) is 0 Å². The van der Waals surface area contributed by atoms with Gasteiger partial charge < -0.3 is 0 Å². The van der Waals surface area contributed by atoms with Crippen molar-refractivity contribution in [2.75, 3.05) is 0 Å². The van der Waals surface area contributed by atoms with E-state index in [9.17, 15) is 0 Å². The van der Waals surface area contributed by atoms with Gasteiger partial charge in [0.05, 0.1) is 15.2 Å². The van der Waals surface area contributed by atoms with E-state index >= 15 is 0 Å². The van der Waals surface area contributed by atoms with Crippen LogP contribution >= 0.6 is 0 Å². The van der Waals surface area contributed by atoms with Gasteiger partial charge in [0.1, 0.15) is 0 Å². The van der Waals surface area contributed by atoms with Crippen LogP contribution in [0.5, 0.6) is 0 Å². The number of benzene rings is 2. The molecule has 3 aliphatic rings. The first-order valence-corrected chi connectivity index (χ1v) is 14.8. The molecule has 2 aromatic carbocycles. The predicted octanol–water partition coefficient (Wildman–Crippen LogP) is 4.85. The second kappa shape index (κ2) is 3.74. The second-order valence-electron chi connectivity index (χ2n) is 7.57. The van der Waals surface area contributed by atoms with Gasteiger partial charge in [0.2, 0.25) is 0 Å². The van der Waals surface area contributed by atoms with Gasteiger partial charge in [-0.25, -0.2) is 0 Å². The molecule has 20 heavy (non-hydrogen) atoms. The van der Waals surface area contributed by atoms with E-state index in [2.05, 4.69) is 74.7 Å². The maximum atomic E-state index is 2.66. The molecule has 0 spiro atoms. The highest BCUT2D eigenvalue weighted by molar-refractivity contribution is 7.42. The lowest BCUT2D eigenvalue weighted by Gasteiger charge is -2.59. The van der Waals surface area contributed by atoms with Crippen LogP contribution in [0.4, 0.5) is 0 Å². The van der Waals surface area contributed by atoms with Crippen LogP contribution in [-0.4, -0.2) is 15.2 Å². The molecule has 1 aliphatic carbocycles. The fourth-order valence-corrected chi connectivity index (χ4v) is 16.7. The van der Waals surface area contributed by atoms with Crippen LogP contribution in [0.3, 0.4) is 0 Å². The van der Waals surface area contributed by atoms with Gasteiger partial charge in [0.15, 0.2) is 0 Å². The summed E-state index contributed by atoms with van der Waals surface area (Å²) in [6.45, 7) is 10.6. The molecular formula is C18H22Si2. The van der Waals surface area contributed by atoms with Crippen LogP contribution < -0.4 is 0 Å². The summed E-state index contributed by atoms with van der Waals surface area (Å²) < 4.78 is 0. The van der Waals surface area contributed by atoms with Gasteiger partial charge in [0, 0.05) is 11.1 Å². The zero-order valence-corrected chi connectivity index (χ0v) is 14.8. The minimum Gasteiger partial charge on any atom is -0.0705 e. The van der Waals surface area contributed by atoms with Gasteiger partial charge in [0.25, 0.3) is 0 Å². The van der Waals surface area contributed by atoms with E-state index in [1.54, 1.807) is 22.3 Å². The summed E-state index contributed by atoms with van der Waals surface area (Å²) in [6, 6.07) is 18.6. The number of hydrogen-bond donors (Lipinski definition) is 0. The Balaban J connectivity index is 2.13. The van der Waals surface area contributed by atoms with E-state index in [1.165, 1.54) is 0 Å². The quantitative estimate of drug-likeness (QED) is 0.609. The van der Waals surface area contributed by atoms with Gasteiger partial charge in [-0.15, -0.1) is 0 Å². The van der Waals surface area contributed by atoms with Crippen molar-refractivity contribution in [3.8, 4) is 0 Å². The molecule has 2 bridgehead atoms. The van der Waals surface area contributed by atoms with Crippen LogP contribution in [0, 0.1) is 0 Å². The first-order valence-electron chi connectivity index (χ1n) is 7.64. The molecule has 0 aromatic heterocycles. The Morgan fingerprint density at radius 2 is 0.800 bits per heavy atom. The highest BCUT2D eigenvalue weighted by atomic mass is 29.3. The molecule has 0 fully saturated rings. The fourth-order valence-electron chi connectivity index (χ4n) is 4.71. The Morgan fingerprint density at radius 3 is 1.05 bits per heavy atom. The lowest BCUT2D eigenvalue weighted by Crippen LogP contribution is -2.68. The average Bonchev–Trinajstić information content (AvgIpc) is 2.42. The van der Waals surface area contributed by atoms with Crippen LogP contribution in [0.25, 0.3) is 0 Å². The summed E-state index contributed by atoms with van der Waals surface area (Å²) in [5.41, 5.74) is 8.06. The third-order valence-corrected chi connectivity index (χ3v) is 25.5. The standard InChI is InChI=1S/C18H22Si2/c1-19(2)17-13-9-5-7-11-15(13)18(20(19,3)4)16-12-8-6-10-14(16)17/h5-12,17-18H,1-4H3. The molecule has 0 N–H and O–H groups in total. The minimum absolute atomic E-state index is 0.724. The van der Waals surface area contributed by atoms with Crippen molar-refractivity contribution in [2.45, 2.75) is 37.3 Å². The summed E-state index contributed by atoms with van der Waals surface area (Å²) in [5.74, 6) is 0. The number of hydrogen-bond acceptors (Lipinski definition) is 0. The van der Waals surface area contributed by atoms with E-state index in [1.807, 2.05) is 0 Å². The largest absolute Gasteiger partial charge is 0.0705 e. The monoisotopic (exact) mass is 294 g/mol. The molecule has 0 saturated heterocycles. The maximum Gasteiger partial charge on any atom is 0.0556 e. The van der Waals surface area contributed by atoms with Crippen molar-refractivity contribution in [2.24, 2.45) is 0 Å². The molecule has 0 amide bonds. The second-order valence-corrected chi connectivity index (χ2v) is 23.3. The number of fused-ring (bicyclic) bond motifs is 1. The molecule has 2 heterocycles. The number of rotatable bonds is 0. The fraction of sp³-hybridized carbons (Fsp3) is 0.333. The molecule has 102 valence electrons. The topological polar surface area (TPSA) is 0 Å². The van der Waals surface area contributed by atoms with Crippen LogP contribution in [0.1, 0.15) is 33.3 Å². The first-order chi connectivity index (χ1) is 9.46.